The molecular weight excluding hydrogens is 431 g/mol. The number of halogens is 3. The standard InChI is InChI=1S/C19H10F3N7OS/c20-19(21,22)13-3-1-11(2-4-13)14-9-15(29-17(26-14)24-10-25-29)31-18-28-27-16(30-18)12-5-7-23-8-6-12/h1-10H. The lowest BCUT2D eigenvalue weighted by Gasteiger charge is -2.08. The van der Waals surface area contributed by atoms with Gasteiger partial charge in [-0.25, -0.2) is 4.98 Å². The van der Waals surface area contributed by atoms with E-state index in [4.69, 9.17) is 4.42 Å². The largest absolute Gasteiger partial charge is 0.416 e. The average Bonchev–Trinajstić information content (AvgIpc) is 3.43. The molecule has 4 heterocycles. The summed E-state index contributed by atoms with van der Waals surface area (Å²) in [4.78, 5) is 12.4. The molecule has 0 bridgehead atoms. The Bertz CT molecular complexity index is 1350. The zero-order valence-electron chi connectivity index (χ0n) is 15.4. The number of alkyl halides is 3. The lowest BCUT2D eigenvalue weighted by molar-refractivity contribution is -0.137. The molecule has 31 heavy (non-hydrogen) atoms. The number of hydrogen-bond acceptors (Lipinski definition) is 8. The van der Waals surface area contributed by atoms with Crippen molar-refractivity contribution in [3.63, 3.8) is 0 Å². The Morgan fingerprint density at radius 1 is 0.935 bits per heavy atom. The molecule has 0 fully saturated rings. The fourth-order valence-electron chi connectivity index (χ4n) is 2.79. The zero-order valence-corrected chi connectivity index (χ0v) is 16.2. The fourth-order valence-corrected chi connectivity index (χ4v) is 3.55. The van der Waals surface area contributed by atoms with E-state index in [-0.39, 0.29) is 11.0 Å². The van der Waals surface area contributed by atoms with E-state index in [2.05, 4.69) is 30.2 Å². The van der Waals surface area contributed by atoms with Gasteiger partial charge in [0.05, 0.1) is 11.3 Å². The summed E-state index contributed by atoms with van der Waals surface area (Å²) in [5.74, 6) is 0.616. The Morgan fingerprint density at radius 3 is 2.45 bits per heavy atom. The van der Waals surface area contributed by atoms with Crippen LogP contribution in [-0.2, 0) is 6.18 Å². The molecule has 0 aliphatic heterocycles. The van der Waals surface area contributed by atoms with Crippen molar-refractivity contribution in [1.29, 1.82) is 0 Å². The van der Waals surface area contributed by atoms with Crippen molar-refractivity contribution in [3.05, 3.63) is 66.7 Å². The van der Waals surface area contributed by atoms with Crippen molar-refractivity contribution in [1.82, 2.24) is 34.8 Å². The predicted octanol–water partition coefficient (Wildman–Crippen LogP) is 4.41. The van der Waals surface area contributed by atoms with Gasteiger partial charge in [0.1, 0.15) is 11.4 Å². The van der Waals surface area contributed by atoms with Gasteiger partial charge in [-0.05, 0) is 42.1 Å². The van der Waals surface area contributed by atoms with E-state index in [1.54, 1.807) is 30.6 Å². The van der Waals surface area contributed by atoms with Gasteiger partial charge in [0, 0.05) is 23.5 Å². The SMILES string of the molecule is FC(F)(F)c1ccc(-c2cc(Sc3nnc(-c4ccncc4)o3)n3ncnc3n2)cc1. The summed E-state index contributed by atoms with van der Waals surface area (Å²) in [6, 6.07) is 9.90. The van der Waals surface area contributed by atoms with E-state index in [1.807, 2.05) is 0 Å². The molecule has 0 aliphatic carbocycles. The number of fused-ring (bicyclic) bond motifs is 1. The summed E-state index contributed by atoms with van der Waals surface area (Å²) in [5.41, 5.74) is 0.929. The molecule has 0 saturated carbocycles. The normalized spacial score (nSPS) is 11.8. The minimum atomic E-state index is -4.41. The Balaban J connectivity index is 1.50. The maximum atomic E-state index is 12.9. The molecule has 0 radical (unpaired) electrons. The van der Waals surface area contributed by atoms with Gasteiger partial charge in [0.25, 0.3) is 11.0 Å². The van der Waals surface area contributed by atoms with Crippen LogP contribution in [0.3, 0.4) is 0 Å². The molecule has 0 amide bonds. The van der Waals surface area contributed by atoms with E-state index in [1.165, 1.54) is 23.0 Å². The third-order valence-electron chi connectivity index (χ3n) is 4.25. The van der Waals surface area contributed by atoms with E-state index >= 15 is 0 Å². The lowest BCUT2D eigenvalue weighted by atomic mass is 10.1. The molecule has 1 aromatic carbocycles. The zero-order chi connectivity index (χ0) is 21.4. The van der Waals surface area contributed by atoms with Crippen LogP contribution in [-0.4, -0.2) is 34.8 Å². The first kappa shape index (κ1) is 19.2. The molecule has 5 aromatic rings. The quantitative estimate of drug-likeness (QED) is 0.379. The first-order valence-electron chi connectivity index (χ1n) is 8.77. The number of nitrogens with zero attached hydrogens (tertiary/aromatic N) is 7. The summed E-state index contributed by atoms with van der Waals surface area (Å²) in [6.45, 7) is 0. The molecule has 0 aliphatic rings. The van der Waals surface area contributed by atoms with Crippen LogP contribution in [0.4, 0.5) is 13.2 Å². The molecule has 4 aromatic heterocycles. The van der Waals surface area contributed by atoms with Crippen LogP contribution in [0, 0.1) is 0 Å². The van der Waals surface area contributed by atoms with Crippen LogP contribution in [0.25, 0.3) is 28.5 Å². The lowest BCUT2D eigenvalue weighted by Crippen LogP contribution is -2.04. The van der Waals surface area contributed by atoms with Gasteiger partial charge >= 0.3 is 6.18 Å². The highest BCUT2D eigenvalue weighted by atomic mass is 32.2. The number of hydrogen-bond donors (Lipinski definition) is 0. The number of aromatic nitrogens is 7. The molecule has 0 unspecified atom stereocenters. The fraction of sp³-hybridized carbons (Fsp3) is 0.0526. The van der Waals surface area contributed by atoms with Crippen molar-refractivity contribution in [2.75, 3.05) is 0 Å². The first-order valence-corrected chi connectivity index (χ1v) is 9.59. The van der Waals surface area contributed by atoms with Gasteiger partial charge in [-0.3, -0.25) is 4.98 Å². The van der Waals surface area contributed by atoms with Gasteiger partial charge in [0.15, 0.2) is 0 Å². The van der Waals surface area contributed by atoms with Crippen LogP contribution in [0.15, 0.2) is 75.9 Å². The summed E-state index contributed by atoms with van der Waals surface area (Å²) >= 11 is 1.14. The summed E-state index contributed by atoms with van der Waals surface area (Å²) in [5, 5.41) is 13.0. The van der Waals surface area contributed by atoms with Crippen molar-refractivity contribution in [2.45, 2.75) is 16.4 Å². The van der Waals surface area contributed by atoms with E-state index in [9.17, 15) is 13.2 Å². The van der Waals surface area contributed by atoms with Gasteiger partial charge in [-0.1, -0.05) is 12.1 Å². The van der Waals surface area contributed by atoms with E-state index < -0.39 is 11.7 Å². The molecule has 0 spiro atoms. The second-order valence-corrected chi connectivity index (χ2v) is 7.21. The Kier molecular flexibility index (Phi) is 4.62. The highest BCUT2D eigenvalue weighted by Crippen LogP contribution is 2.33. The molecule has 12 heteroatoms. The van der Waals surface area contributed by atoms with Crippen molar-refractivity contribution >= 4 is 17.5 Å². The van der Waals surface area contributed by atoms with Crippen LogP contribution < -0.4 is 0 Å². The van der Waals surface area contributed by atoms with Gasteiger partial charge in [0.2, 0.25) is 5.89 Å². The molecule has 0 N–H and O–H groups in total. The first-order chi connectivity index (χ1) is 15.0. The Morgan fingerprint density at radius 2 is 1.71 bits per heavy atom. The molecule has 8 nitrogen and oxygen atoms in total. The topological polar surface area (TPSA) is 94.9 Å². The molecule has 154 valence electrons. The second-order valence-electron chi connectivity index (χ2n) is 6.24. The molecular formula is C19H10F3N7OS. The number of rotatable bonds is 4. The maximum Gasteiger partial charge on any atom is 0.416 e. The minimum Gasteiger partial charge on any atom is -0.411 e. The third-order valence-corrected chi connectivity index (χ3v) is 5.09. The predicted molar refractivity (Wildman–Crippen MR) is 103 cm³/mol. The second kappa shape index (κ2) is 7.47. The number of pyridine rings is 1. The summed E-state index contributed by atoms with van der Waals surface area (Å²) < 4.78 is 45.7. The summed E-state index contributed by atoms with van der Waals surface area (Å²) in [7, 11) is 0. The van der Waals surface area contributed by atoms with Gasteiger partial charge in [-0.2, -0.15) is 27.8 Å². The van der Waals surface area contributed by atoms with E-state index in [0.717, 1.165) is 29.5 Å². The number of benzene rings is 1. The van der Waals surface area contributed by atoms with Gasteiger partial charge < -0.3 is 4.42 Å². The van der Waals surface area contributed by atoms with Crippen LogP contribution in [0.2, 0.25) is 0 Å². The Labute approximate surface area is 176 Å². The van der Waals surface area contributed by atoms with Gasteiger partial charge in [-0.15, -0.1) is 10.2 Å². The summed E-state index contributed by atoms with van der Waals surface area (Å²) in [6.07, 6.45) is 0.155. The van der Waals surface area contributed by atoms with Crippen molar-refractivity contribution in [3.8, 4) is 22.7 Å². The minimum absolute atomic E-state index is 0.258. The van der Waals surface area contributed by atoms with Crippen molar-refractivity contribution in [2.24, 2.45) is 0 Å². The molecule has 0 saturated heterocycles. The average molecular weight is 441 g/mol. The molecule has 0 atom stereocenters. The van der Waals surface area contributed by atoms with Crippen molar-refractivity contribution < 1.29 is 17.6 Å². The van der Waals surface area contributed by atoms with Crippen LogP contribution in [0.5, 0.6) is 0 Å². The third kappa shape index (κ3) is 3.84. The monoisotopic (exact) mass is 441 g/mol. The maximum absolute atomic E-state index is 12.9. The highest BCUT2D eigenvalue weighted by Gasteiger charge is 2.30. The van der Waals surface area contributed by atoms with Crippen LogP contribution >= 0.6 is 11.8 Å². The molecule has 5 rings (SSSR count). The van der Waals surface area contributed by atoms with E-state index in [0.29, 0.717) is 22.2 Å². The van der Waals surface area contributed by atoms with Crippen LogP contribution in [0.1, 0.15) is 5.56 Å². The highest BCUT2D eigenvalue weighted by molar-refractivity contribution is 7.99. The smallest absolute Gasteiger partial charge is 0.411 e. The Hall–Kier alpha value is -3.80.